The molecule has 7 heteroatoms. The number of rotatable bonds is 7. The van der Waals surface area contributed by atoms with E-state index < -0.39 is 9.84 Å². The first-order chi connectivity index (χ1) is 13.7. The number of fused-ring (bicyclic) bond motifs is 1. The van der Waals surface area contributed by atoms with E-state index in [9.17, 15) is 13.2 Å². The van der Waals surface area contributed by atoms with Crippen molar-refractivity contribution >= 4 is 26.7 Å². The number of ether oxygens (including phenoxy) is 2. The summed E-state index contributed by atoms with van der Waals surface area (Å²) in [4.78, 5) is 12.4. The minimum absolute atomic E-state index is 0.184. The van der Waals surface area contributed by atoms with Crippen molar-refractivity contribution in [3.05, 3.63) is 59.3 Å². The molecule has 0 N–H and O–H groups in total. The number of sulfone groups is 1. The van der Waals surface area contributed by atoms with Crippen LogP contribution in [0.25, 0.3) is 10.9 Å². The van der Waals surface area contributed by atoms with Crippen LogP contribution in [0.4, 0.5) is 0 Å². The Bertz CT molecular complexity index is 1140. The summed E-state index contributed by atoms with van der Waals surface area (Å²) in [6.45, 7) is 4.66. The molecular weight excluding hydrogens is 390 g/mol. The van der Waals surface area contributed by atoms with Gasteiger partial charge in [-0.25, -0.2) is 8.42 Å². The van der Waals surface area contributed by atoms with E-state index in [-0.39, 0.29) is 12.4 Å². The predicted molar refractivity (Wildman–Crippen MR) is 112 cm³/mol. The molecule has 2 aromatic carbocycles. The molecule has 0 aliphatic heterocycles. The zero-order valence-corrected chi connectivity index (χ0v) is 17.9. The van der Waals surface area contributed by atoms with Crippen molar-refractivity contribution in [2.75, 3.05) is 20.0 Å². The highest BCUT2D eigenvalue weighted by Crippen LogP contribution is 2.31. The van der Waals surface area contributed by atoms with E-state index >= 15 is 0 Å². The Labute approximate surface area is 171 Å². The average Bonchev–Trinajstić information content (AvgIpc) is 2.93. The highest BCUT2D eigenvalue weighted by atomic mass is 32.2. The van der Waals surface area contributed by atoms with Crippen LogP contribution < -0.4 is 4.74 Å². The van der Waals surface area contributed by atoms with Gasteiger partial charge in [0.15, 0.2) is 9.84 Å². The summed E-state index contributed by atoms with van der Waals surface area (Å²) in [6, 6.07) is 12.7. The quantitative estimate of drug-likeness (QED) is 0.552. The number of esters is 1. The molecule has 3 rings (SSSR count). The van der Waals surface area contributed by atoms with E-state index in [1.54, 1.807) is 26.2 Å². The molecule has 0 radical (unpaired) electrons. The Balaban J connectivity index is 2.05. The van der Waals surface area contributed by atoms with Gasteiger partial charge in [-0.15, -0.1) is 0 Å². The van der Waals surface area contributed by atoms with Crippen molar-refractivity contribution < 1.29 is 22.7 Å². The first-order valence-corrected chi connectivity index (χ1v) is 11.2. The van der Waals surface area contributed by atoms with Crippen molar-refractivity contribution in [1.29, 1.82) is 0 Å². The maximum atomic E-state index is 12.1. The first-order valence-electron chi connectivity index (χ1n) is 9.35. The zero-order valence-electron chi connectivity index (χ0n) is 17.1. The van der Waals surface area contributed by atoms with E-state index in [0.29, 0.717) is 18.0 Å². The van der Waals surface area contributed by atoms with Crippen molar-refractivity contribution in [2.24, 2.45) is 0 Å². The maximum absolute atomic E-state index is 12.1. The summed E-state index contributed by atoms with van der Waals surface area (Å²) in [7, 11) is -1.62. The van der Waals surface area contributed by atoms with Gasteiger partial charge in [-0.1, -0.05) is 12.1 Å². The SMILES string of the molecule is CCOC(=O)Cc1c(C)n(Cc2ccc(S(C)(=O)=O)cc2)c2ccc(OC)cc12. The summed E-state index contributed by atoms with van der Waals surface area (Å²) in [5.74, 6) is 0.451. The summed E-state index contributed by atoms with van der Waals surface area (Å²) in [5, 5.41) is 0.947. The number of carbonyl (C=O) groups is 1. The molecule has 0 amide bonds. The van der Waals surface area contributed by atoms with E-state index in [2.05, 4.69) is 4.57 Å². The van der Waals surface area contributed by atoms with Gasteiger partial charge in [0.25, 0.3) is 0 Å². The zero-order chi connectivity index (χ0) is 21.2. The van der Waals surface area contributed by atoms with Crippen molar-refractivity contribution in [3.8, 4) is 5.75 Å². The summed E-state index contributed by atoms with van der Waals surface area (Å²) in [5.41, 5.74) is 3.82. The highest BCUT2D eigenvalue weighted by molar-refractivity contribution is 7.90. The molecule has 29 heavy (non-hydrogen) atoms. The number of benzene rings is 2. The van der Waals surface area contributed by atoms with E-state index in [4.69, 9.17) is 9.47 Å². The second-order valence-electron chi connectivity index (χ2n) is 6.93. The lowest BCUT2D eigenvalue weighted by molar-refractivity contribution is -0.142. The standard InChI is InChI=1S/C22H25NO5S/c1-5-28-22(24)13-19-15(2)23(21-11-8-17(27-3)12-20(19)21)14-16-6-9-18(10-7-16)29(4,25)26/h6-12H,5,13-14H2,1-4H3. The largest absolute Gasteiger partial charge is 0.497 e. The summed E-state index contributed by atoms with van der Waals surface area (Å²) < 4.78 is 36.0. The molecule has 0 unspecified atom stereocenters. The molecule has 0 aliphatic rings. The number of methoxy groups -OCH3 is 1. The van der Waals surface area contributed by atoms with Gasteiger partial charge >= 0.3 is 5.97 Å². The molecule has 154 valence electrons. The van der Waals surface area contributed by atoms with Crippen LogP contribution in [-0.2, 0) is 32.3 Å². The van der Waals surface area contributed by atoms with Crippen molar-refractivity contribution in [1.82, 2.24) is 4.57 Å². The fourth-order valence-corrected chi connectivity index (χ4v) is 4.10. The number of nitrogens with zero attached hydrogens (tertiary/aromatic N) is 1. The van der Waals surface area contributed by atoms with Gasteiger partial charge in [0.1, 0.15) is 5.75 Å². The smallest absolute Gasteiger partial charge is 0.310 e. The Morgan fingerprint density at radius 1 is 1.10 bits per heavy atom. The molecule has 6 nitrogen and oxygen atoms in total. The van der Waals surface area contributed by atoms with Crippen LogP contribution in [0.2, 0.25) is 0 Å². The van der Waals surface area contributed by atoms with Crippen LogP contribution in [0.1, 0.15) is 23.7 Å². The molecular formula is C22H25NO5S. The maximum Gasteiger partial charge on any atom is 0.310 e. The molecule has 1 aromatic heterocycles. The molecule has 3 aromatic rings. The number of hydrogen-bond acceptors (Lipinski definition) is 5. The van der Waals surface area contributed by atoms with Gasteiger partial charge in [0, 0.05) is 29.4 Å². The normalized spacial score (nSPS) is 11.6. The lowest BCUT2D eigenvalue weighted by atomic mass is 10.1. The Morgan fingerprint density at radius 3 is 2.38 bits per heavy atom. The average molecular weight is 416 g/mol. The topological polar surface area (TPSA) is 74.6 Å². The highest BCUT2D eigenvalue weighted by Gasteiger charge is 2.18. The van der Waals surface area contributed by atoms with Crippen molar-refractivity contribution in [2.45, 2.75) is 31.7 Å². The molecule has 0 fully saturated rings. The monoisotopic (exact) mass is 415 g/mol. The fourth-order valence-electron chi connectivity index (χ4n) is 3.47. The van der Waals surface area contributed by atoms with Crippen LogP contribution in [-0.4, -0.2) is 38.9 Å². The Morgan fingerprint density at radius 2 is 1.79 bits per heavy atom. The molecule has 0 spiro atoms. The minimum atomic E-state index is -3.23. The third-order valence-corrected chi connectivity index (χ3v) is 6.11. The Hall–Kier alpha value is -2.80. The van der Waals surface area contributed by atoms with E-state index in [1.165, 1.54) is 6.26 Å². The third kappa shape index (κ3) is 4.45. The lowest BCUT2D eigenvalue weighted by Crippen LogP contribution is -2.09. The lowest BCUT2D eigenvalue weighted by Gasteiger charge is -2.10. The number of aromatic nitrogens is 1. The van der Waals surface area contributed by atoms with Crippen LogP contribution in [0.15, 0.2) is 47.4 Å². The molecule has 0 aliphatic carbocycles. The van der Waals surface area contributed by atoms with Gasteiger partial charge < -0.3 is 14.0 Å². The number of hydrogen-bond donors (Lipinski definition) is 0. The number of carbonyl (C=O) groups excluding carboxylic acids is 1. The molecule has 0 saturated carbocycles. The summed E-state index contributed by atoms with van der Waals surface area (Å²) in [6.07, 6.45) is 1.38. The van der Waals surface area contributed by atoms with Gasteiger partial charge in [0.05, 0.1) is 25.0 Å². The van der Waals surface area contributed by atoms with Crippen LogP contribution in [0.5, 0.6) is 5.75 Å². The van der Waals surface area contributed by atoms with Crippen LogP contribution >= 0.6 is 0 Å². The fraction of sp³-hybridized carbons (Fsp3) is 0.318. The van der Waals surface area contributed by atoms with Crippen molar-refractivity contribution in [3.63, 3.8) is 0 Å². The second kappa shape index (κ2) is 8.29. The van der Waals surface area contributed by atoms with E-state index in [0.717, 1.165) is 33.5 Å². The predicted octanol–water partition coefficient (Wildman–Crippen LogP) is 3.52. The molecule has 1 heterocycles. The van der Waals surface area contributed by atoms with E-state index in [1.807, 2.05) is 37.3 Å². The van der Waals surface area contributed by atoms with Gasteiger partial charge in [-0.2, -0.15) is 0 Å². The molecule has 0 bridgehead atoms. The van der Waals surface area contributed by atoms with Crippen LogP contribution in [0.3, 0.4) is 0 Å². The van der Waals surface area contributed by atoms with Gasteiger partial charge in [-0.05, 0) is 55.3 Å². The Kier molecular flexibility index (Phi) is 5.98. The molecule has 0 saturated heterocycles. The van der Waals surface area contributed by atoms with Crippen LogP contribution in [0, 0.1) is 6.92 Å². The summed E-state index contributed by atoms with van der Waals surface area (Å²) >= 11 is 0. The first kappa shape index (κ1) is 20.9. The third-order valence-electron chi connectivity index (χ3n) is 4.98. The van der Waals surface area contributed by atoms with Gasteiger partial charge in [0.2, 0.25) is 0 Å². The molecule has 0 atom stereocenters. The van der Waals surface area contributed by atoms with Gasteiger partial charge in [-0.3, -0.25) is 4.79 Å². The minimum Gasteiger partial charge on any atom is -0.497 e. The second-order valence-corrected chi connectivity index (χ2v) is 8.95.